The lowest BCUT2D eigenvalue weighted by molar-refractivity contribution is 0.0702. The van der Waals surface area contributed by atoms with Gasteiger partial charge in [0.25, 0.3) is 0 Å². The van der Waals surface area contributed by atoms with Gasteiger partial charge in [0.2, 0.25) is 0 Å². The van der Waals surface area contributed by atoms with E-state index in [-0.39, 0.29) is 16.0 Å². The Morgan fingerprint density at radius 1 is 1.24 bits per heavy atom. The maximum Gasteiger partial charge on any atom is 0.345 e. The number of aryl methyl sites for hydroxylation is 1. The van der Waals surface area contributed by atoms with Crippen LogP contribution in [0.4, 0.5) is 8.78 Å². The molecule has 2 aromatic rings. The predicted octanol–water partition coefficient (Wildman–Crippen LogP) is 3.70. The first-order valence-corrected chi connectivity index (χ1v) is 5.60. The van der Waals surface area contributed by atoms with E-state index in [2.05, 4.69) is 0 Å². The number of thiophene rings is 1. The van der Waals surface area contributed by atoms with Crippen molar-refractivity contribution in [1.82, 2.24) is 0 Å². The van der Waals surface area contributed by atoms with E-state index < -0.39 is 17.6 Å². The second-order valence-electron chi connectivity index (χ2n) is 3.55. The van der Waals surface area contributed by atoms with Gasteiger partial charge >= 0.3 is 5.97 Å². The van der Waals surface area contributed by atoms with Gasteiger partial charge in [0.15, 0.2) is 0 Å². The fourth-order valence-electron chi connectivity index (χ4n) is 1.43. The Balaban J connectivity index is 2.52. The molecule has 0 saturated carbocycles. The molecule has 0 spiro atoms. The van der Waals surface area contributed by atoms with E-state index in [0.29, 0.717) is 4.88 Å². The summed E-state index contributed by atoms with van der Waals surface area (Å²) in [5, 5.41) is 8.76. The van der Waals surface area contributed by atoms with Gasteiger partial charge in [-0.15, -0.1) is 11.3 Å². The van der Waals surface area contributed by atoms with E-state index in [4.69, 9.17) is 5.11 Å². The molecule has 17 heavy (non-hydrogen) atoms. The molecule has 2 nitrogen and oxygen atoms in total. The van der Waals surface area contributed by atoms with E-state index in [1.165, 1.54) is 19.1 Å². The molecule has 88 valence electrons. The molecule has 0 radical (unpaired) electrons. The van der Waals surface area contributed by atoms with Gasteiger partial charge in [-0.3, -0.25) is 0 Å². The summed E-state index contributed by atoms with van der Waals surface area (Å²) in [4.78, 5) is 11.2. The third-order valence-electron chi connectivity index (χ3n) is 2.33. The molecule has 0 aliphatic rings. The molecule has 0 aliphatic heterocycles. The average molecular weight is 254 g/mol. The molecule has 0 atom stereocenters. The largest absolute Gasteiger partial charge is 0.477 e. The minimum atomic E-state index is -1.07. The number of halogens is 2. The molecule has 1 N–H and O–H groups in total. The summed E-state index contributed by atoms with van der Waals surface area (Å²) in [6, 6.07) is 5.04. The zero-order valence-electron chi connectivity index (χ0n) is 8.83. The number of hydrogen-bond acceptors (Lipinski definition) is 2. The van der Waals surface area contributed by atoms with Crippen LogP contribution in [0.1, 0.15) is 15.2 Å². The average Bonchev–Trinajstić information content (AvgIpc) is 2.72. The van der Waals surface area contributed by atoms with E-state index in [9.17, 15) is 13.6 Å². The summed E-state index contributed by atoms with van der Waals surface area (Å²) < 4.78 is 27.0. The van der Waals surface area contributed by atoms with Crippen molar-refractivity contribution < 1.29 is 18.7 Å². The Labute approximate surface area is 100 Å². The third-order valence-corrected chi connectivity index (χ3v) is 3.44. The van der Waals surface area contributed by atoms with Gasteiger partial charge in [-0.2, -0.15) is 0 Å². The molecular formula is C12H8F2O2S. The van der Waals surface area contributed by atoms with Crippen LogP contribution in [0.3, 0.4) is 0 Å². The lowest BCUT2D eigenvalue weighted by atomic mass is 10.1. The fourth-order valence-corrected chi connectivity index (χ4v) is 2.30. The van der Waals surface area contributed by atoms with E-state index in [1.54, 1.807) is 0 Å². The van der Waals surface area contributed by atoms with Crippen molar-refractivity contribution in [2.45, 2.75) is 6.92 Å². The smallest absolute Gasteiger partial charge is 0.345 e. The number of aromatic carboxylic acids is 1. The molecule has 0 aliphatic carbocycles. The van der Waals surface area contributed by atoms with Crippen LogP contribution >= 0.6 is 11.3 Å². The van der Waals surface area contributed by atoms with E-state index >= 15 is 0 Å². The summed E-state index contributed by atoms with van der Waals surface area (Å²) >= 11 is 0.917. The van der Waals surface area contributed by atoms with Crippen LogP contribution in [0, 0.1) is 18.6 Å². The van der Waals surface area contributed by atoms with Crippen LogP contribution in [0.15, 0.2) is 24.3 Å². The highest BCUT2D eigenvalue weighted by Gasteiger charge is 2.13. The molecule has 1 aromatic heterocycles. The first-order valence-electron chi connectivity index (χ1n) is 4.78. The Morgan fingerprint density at radius 3 is 2.53 bits per heavy atom. The van der Waals surface area contributed by atoms with Crippen molar-refractivity contribution in [2.24, 2.45) is 0 Å². The molecule has 5 heteroatoms. The Hall–Kier alpha value is -1.75. The van der Waals surface area contributed by atoms with Crippen LogP contribution in [0.2, 0.25) is 0 Å². The van der Waals surface area contributed by atoms with E-state index in [0.717, 1.165) is 23.5 Å². The first kappa shape index (κ1) is 11.7. The normalized spacial score (nSPS) is 10.5. The maximum atomic E-state index is 13.6. The number of benzene rings is 1. The first-order chi connectivity index (χ1) is 7.99. The summed E-state index contributed by atoms with van der Waals surface area (Å²) in [5.74, 6) is -2.14. The second kappa shape index (κ2) is 4.25. The zero-order valence-corrected chi connectivity index (χ0v) is 9.65. The van der Waals surface area contributed by atoms with Gasteiger partial charge in [-0.05, 0) is 36.8 Å². The predicted molar refractivity (Wildman–Crippen MR) is 61.4 cm³/mol. The van der Waals surface area contributed by atoms with Gasteiger partial charge in [0, 0.05) is 10.4 Å². The highest BCUT2D eigenvalue weighted by Crippen LogP contribution is 2.31. The van der Waals surface area contributed by atoms with Gasteiger partial charge in [0.1, 0.15) is 16.5 Å². The molecule has 2 rings (SSSR count). The zero-order chi connectivity index (χ0) is 12.6. The Bertz CT molecular complexity index is 590. The lowest BCUT2D eigenvalue weighted by Crippen LogP contribution is -1.90. The molecule has 0 amide bonds. The summed E-state index contributed by atoms with van der Waals surface area (Å²) in [6.07, 6.45) is 0. The lowest BCUT2D eigenvalue weighted by Gasteiger charge is -2.02. The topological polar surface area (TPSA) is 37.3 Å². The minimum Gasteiger partial charge on any atom is -0.477 e. The van der Waals surface area contributed by atoms with Crippen molar-refractivity contribution >= 4 is 17.3 Å². The molecule has 0 unspecified atom stereocenters. The van der Waals surface area contributed by atoms with Crippen LogP contribution in [0.25, 0.3) is 10.4 Å². The van der Waals surface area contributed by atoms with Gasteiger partial charge in [0.05, 0.1) is 0 Å². The van der Waals surface area contributed by atoms with Crippen molar-refractivity contribution in [3.8, 4) is 10.4 Å². The molecule has 1 aromatic carbocycles. The Morgan fingerprint density at radius 2 is 1.94 bits per heavy atom. The SMILES string of the molecule is Cc1cc(F)c(-c2ccc(C(=O)O)s2)cc1F. The molecule has 1 heterocycles. The number of carboxylic acid groups (broad SMARTS) is 1. The third kappa shape index (κ3) is 2.19. The fraction of sp³-hybridized carbons (Fsp3) is 0.0833. The van der Waals surface area contributed by atoms with Crippen molar-refractivity contribution in [3.05, 3.63) is 46.3 Å². The quantitative estimate of drug-likeness (QED) is 0.887. The van der Waals surface area contributed by atoms with Gasteiger partial charge in [-0.25, -0.2) is 13.6 Å². The summed E-state index contributed by atoms with van der Waals surface area (Å²) in [7, 11) is 0. The molecule has 0 bridgehead atoms. The second-order valence-corrected chi connectivity index (χ2v) is 4.63. The minimum absolute atomic E-state index is 0.0885. The van der Waals surface area contributed by atoms with E-state index in [1.807, 2.05) is 0 Å². The summed E-state index contributed by atoms with van der Waals surface area (Å²) in [6.45, 7) is 1.47. The van der Waals surface area contributed by atoms with Crippen LogP contribution < -0.4 is 0 Å². The number of carboxylic acids is 1. The highest BCUT2D eigenvalue weighted by molar-refractivity contribution is 7.17. The number of hydrogen-bond donors (Lipinski definition) is 1. The number of carbonyl (C=O) groups is 1. The molecular weight excluding hydrogens is 246 g/mol. The highest BCUT2D eigenvalue weighted by atomic mass is 32.1. The van der Waals surface area contributed by atoms with Crippen LogP contribution in [-0.4, -0.2) is 11.1 Å². The maximum absolute atomic E-state index is 13.6. The van der Waals surface area contributed by atoms with Crippen molar-refractivity contribution in [3.63, 3.8) is 0 Å². The van der Waals surface area contributed by atoms with Crippen molar-refractivity contribution in [2.75, 3.05) is 0 Å². The Kier molecular flexibility index (Phi) is 2.93. The van der Waals surface area contributed by atoms with Crippen molar-refractivity contribution in [1.29, 1.82) is 0 Å². The number of rotatable bonds is 2. The molecule has 0 saturated heterocycles. The standard InChI is InChI=1S/C12H8F2O2S/c1-6-4-9(14)7(5-8(6)13)10-2-3-11(17-10)12(15)16/h2-5H,1H3,(H,15,16). The monoisotopic (exact) mass is 254 g/mol. The van der Waals surface area contributed by atoms with Crippen LogP contribution in [-0.2, 0) is 0 Å². The van der Waals surface area contributed by atoms with Gasteiger partial charge < -0.3 is 5.11 Å². The van der Waals surface area contributed by atoms with Crippen LogP contribution in [0.5, 0.6) is 0 Å². The summed E-state index contributed by atoms with van der Waals surface area (Å²) in [5.41, 5.74) is 0.312. The molecule has 0 fully saturated rings. The van der Waals surface area contributed by atoms with Gasteiger partial charge in [-0.1, -0.05) is 0 Å².